The molecule has 0 aromatic heterocycles. The second-order valence-corrected chi connectivity index (χ2v) is 4.87. The molecule has 0 unspecified atom stereocenters. The van der Waals surface area contributed by atoms with Gasteiger partial charge >= 0.3 is 0 Å². The molecule has 2 rings (SSSR count). The predicted molar refractivity (Wildman–Crippen MR) is 66.2 cm³/mol. The number of hydrogen-bond donors (Lipinski definition) is 1. The maximum Gasteiger partial charge on any atom is 0.224 e. The summed E-state index contributed by atoms with van der Waals surface area (Å²) in [5, 5.41) is 2.59. The Labute approximate surface area is 105 Å². The molecule has 1 aliphatic carbocycles. The summed E-state index contributed by atoms with van der Waals surface area (Å²) in [5.74, 6) is -1.32. The van der Waals surface area contributed by atoms with E-state index in [1.807, 2.05) is 0 Å². The van der Waals surface area contributed by atoms with Crippen LogP contribution in [0.15, 0.2) is 18.2 Å². The number of carbonyl (C=O) groups excluding carboxylic acids is 1. The number of amides is 1. The van der Waals surface area contributed by atoms with Crippen molar-refractivity contribution in [3.63, 3.8) is 0 Å². The van der Waals surface area contributed by atoms with Crippen molar-refractivity contribution in [3.8, 4) is 0 Å². The van der Waals surface area contributed by atoms with Gasteiger partial charge in [0.2, 0.25) is 5.91 Å². The van der Waals surface area contributed by atoms with E-state index in [2.05, 4.69) is 5.32 Å². The molecule has 0 spiro atoms. The van der Waals surface area contributed by atoms with Crippen LogP contribution < -0.4 is 5.32 Å². The van der Waals surface area contributed by atoms with Crippen LogP contribution in [0, 0.1) is 17.6 Å². The van der Waals surface area contributed by atoms with Gasteiger partial charge in [-0.25, -0.2) is 8.78 Å². The SMILES string of the molecule is O=C(CCC1CCCC1)Nc1ccc(F)c(F)c1. The van der Waals surface area contributed by atoms with Gasteiger partial charge in [-0.15, -0.1) is 0 Å². The maximum absolute atomic E-state index is 12.9. The van der Waals surface area contributed by atoms with Crippen LogP contribution in [0.2, 0.25) is 0 Å². The number of anilines is 1. The molecule has 1 saturated carbocycles. The van der Waals surface area contributed by atoms with Gasteiger partial charge in [-0.2, -0.15) is 0 Å². The molecule has 1 aromatic rings. The Morgan fingerprint density at radius 2 is 1.94 bits per heavy atom. The van der Waals surface area contributed by atoms with Crippen LogP contribution in [0.1, 0.15) is 38.5 Å². The Morgan fingerprint density at radius 3 is 2.61 bits per heavy atom. The summed E-state index contributed by atoms with van der Waals surface area (Å²) >= 11 is 0. The molecular weight excluding hydrogens is 236 g/mol. The zero-order valence-electron chi connectivity index (χ0n) is 10.2. The van der Waals surface area contributed by atoms with E-state index in [4.69, 9.17) is 0 Å². The molecule has 1 amide bonds. The summed E-state index contributed by atoms with van der Waals surface area (Å²) in [7, 11) is 0. The summed E-state index contributed by atoms with van der Waals surface area (Å²) in [5.41, 5.74) is 0.310. The fraction of sp³-hybridized carbons (Fsp3) is 0.500. The summed E-state index contributed by atoms with van der Waals surface area (Å²) in [6.45, 7) is 0. The molecule has 0 heterocycles. The lowest BCUT2D eigenvalue weighted by Crippen LogP contribution is -2.13. The van der Waals surface area contributed by atoms with Crippen molar-refractivity contribution in [2.45, 2.75) is 38.5 Å². The minimum Gasteiger partial charge on any atom is -0.326 e. The highest BCUT2D eigenvalue weighted by molar-refractivity contribution is 5.90. The van der Waals surface area contributed by atoms with Crippen LogP contribution >= 0.6 is 0 Å². The first-order chi connectivity index (χ1) is 8.65. The molecule has 0 radical (unpaired) electrons. The fourth-order valence-corrected chi connectivity index (χ4v) is 2.43. The van der Waals surface area contributed by atoms with Crippen LogP contribution in [0.25, 0.3) is 0 Å². The first-order valence-electron chi connectivity index (χ1n) is 6.40. The lowest BCUT2D eigenvalue weighted by Gasteiger charge is -2.09. The molecule has 0 aliphatic heterocycles. The number of halogens is 2. The molecule has 18 heavy (non-hydrogen) atoms. The lowest BCUT2D eigenvalue weighted by molar-refractivity contribution is -0.116. The van der Waals surface area contributed by atoms with Crippen molar-refractivity contribution in [3.05, 3.63) is 29.8 Å². The Balaban J connectivity index is 1.80. The van der Waals surface area contributed by atoms with Gasteiger partial charge in [0.15, 0.2) is 11.6 Å². The molecule has 4 heteroatoms. The third-order valence-electron chi connectivity index (χ3n) is 3.46. The van der Waals surface area contributed by atoms with Crippen LogP contribution in [-0.4, -0.2) is 5.91 Å². The second-order valence-electron chi connectivity index (χ2n) is 4.87. The first-order valence-corrected chi connectivity index (χ1v) is 6.40. The van der Waals surface area contributed by atoms with E-state index < -0.39 is 11.6 Å². The minimum absolute atomic E-state index is 0.132. The molecule has 1 N–H and O–H groups in total. The van der Waals surface area contributed by atoms with E-state index >= 15 is 0 Å². The topological polar surface area (TPSA) is 29.1 Å². The number of benzene rings is 1. The Kier molecular flexibility index (Phi) is 4.28. The molecule has 0 saturated heterocycles. The van der Waals surface area contributed by atoms with Gasteiger partial charge in [0.1, 0.15) is 0 Å². The average molecular weight is 253 g/mol. The zero-order valence-corrected chi connectivity index (χ0v) is 10.2. The van der Waals surface area contributed by atoms with Gasteiger partial charge < -0.3 is 5.32 Å². The van der Waals surface area contributed by atoms with E-state index in [0.29, 0.717) is 18.0 Å². The van der Waals surface area contributed by atoms with Gasteiger partial charge in [0, 0.05) is 18.2 Å². The van der Waals surface area contributed by atoms with Crippen LogP contribution in [0.5, 0.6) is 0 Å². The monoisotopic (exact) mass is 253 g/mol. The fourth-order valence-electron chi connectivity index (χ4n) is 2.43. The number of hydrogen-bond acceptors (Lipinski definition) is 1. The molecule has 0 bridgehead atoms. The van der Waals surface area contributed by atoms with Gasteiger partial charge in [-0.3, -0.25) is 4.79 Å². The molecule has 1 aromatic carbocycles. The molecule has 2 nitrogen and oxygen atoms in total. The number of nitrogens with one attached hydrogen (secondary N) is 1. The number of rotatable bonds is 4. The summed E-state index contributed by atoms with van der Waals surface area (Å²) in [4.78, 5) is 11.6. The lowest BCUT2D eigenvalue weighted by atomic mass is 10.0. The van der Waals surface area contributed by atoms with Crippen molar-refractivity contribution >= 4 is 11.6 Å². The van der Waals surface area contributed by atoms with E-state index in [-0.39, 0.29) is 5.91 Å². The van der Waals surface area contributed by atoms with E-state index in [1.54, 1.807) is 0 Å². The molecule has 1 aliphatic rings. The maximum atomic E-state index is 12.9. The van der Waals surface area contributed by atoms with Crippen LogP contribution in [0.4, 0.5) is 14.5 Å². The van der Waals surface area contributed by atoms with Crippen LogP contribution in [0.3, 0.4) is 0 Å². The third-order valence-corrected chi connectivity index (χ3v) is 3.46. The largest absolute Gasteiger partial charge is 0.326 e. The van der Waals surface area contributed by atoms with E-state index in [9.17, 15) is 13.6 Å². The standard InChI is InChI=1S/C14H17F2NO/c15-12-7-6-11(9-13(12)16)17-14(18)8-5-10-3-1-2-4-10/h6-7,9-10H,1-5,8H2,(H,17,18). The molecular formula is C14H17F2NO. The average Bonchev–Trinajstić information content (AvgIpc) is 2.84. The van der Waals surface area contributed by atoms with Crippen molar-refractivity contribution in [2.75, 3.05) is 5.32 Å². The molecule has 0 atom stereocenters. The van der Waals surface area contributed by atoms with Gasteiger partial charge in [-0.05, 0) is 24.5 Å². The highest BCUT2D eigenvalue weighted by Gasteiger charge is 2.16. The zero-order chi connectivity index (χ0) is 13.0. The Morgan fingerprint density at radius 1 is 1.22 bits per heavy atom. The van der Waals surface area contributed by atoms with Crippen molar-refractivity contribution in [1.82, 2.24) is 0 Å². The van der Waals surface area contributed by atoms with Crippen molar-refractivity contribution < 1.29 is 13.6 Å². The third kappa shape index (κ3) is 3.52. The summed E-state index contributed by atoms with van der Waals surface area (Å²) in [6.07, 6.45) is 6.26. The van der Waals surface area contributed by atoms with Crippen LogP contribution in [-0.2, 0) is 4.79 Å². The smallest absolute Gasteiger partial charge is 0.224 e. The molecule has 1 fully saturated rings. The summed E-state index contributed by atoms with van der Waals surface area (Å²) in [6, 6.07) is 3.39. The van der Waals surface area contributed by atoms with Gasteiger partial charge in [-0.1, -0.05) is 25.7 Å². The Bertz CT molecular complexity index is 428. The minimum atomic E-state index is -0.941. The molecule has 98 valence electrons. The number of carbonyl (C=O) groups is 1. The predicted octanol–water partition coefficient (Wildman–Crippen LogP) is 3.87. The van der Waals surface area contributed by atoms with Gasteiger partial charge in [0.25, 0.3) is 0 Å². The van der Waals surface area contributed by atoms with Gasteiger partial charge in [0.05, 0.1) is 0 Å². The highest BCUT2D eigenvalue weighted by atomic mass is 19.2. The first kappa shape index (κ1) is 13.0. The van der Waals surface area contributed by atoms with E-state index in [0.717, 1.165) is 18.6 Å². The van der Waals surface area contributed by atoms with Crippen molar-refractivity contribution in [1.29, 1.82) is 0 Å². The van der Waals surface area contributed by atoms with E-state index in [1.165, 1.54) is 31.7 Å². The second kappa shape index (κ2) is 5.94. The Hall–Kier alpha value is -1.45. The quantitative estimate of drug-likeness (QED) is 0.867. The highest BCUT2D eigenvalue weighted by Crippen LogP contribution is 2.28. The summed E-state index contributed by atoms with van der Waals surface area (Å²) < 4.78 is 25.6. The van der Waals surface area contributed by atoms with Crippen molar-refractivity contribution in [2.24, 2.45) is 5.92 Å². The normalized spacial score (nSPS) is 15.9.